The Balaban J connectivity index is 2.11. The fourth-order valence-electron chi connectivity index (χ4n) is 2.81. The number of rotatable bonds is 6. The van der Waals surface area contributed by atoms with Crippen molar-refractivity contribution >= 4 is 16.9 Å². The highest BCUT2D eigenvalue weighted by Gasteiger charge is 2.23. The van der Waals surface area contributed by atoms with Crippen LogP contribution in [0.4, 0.5) is 0 Å². The average molecular weight is 339 g/mol. The van der Waals surface area contributed by atoms with Crippen LogP contribution in [0.2, 0.25) is 0 Å². The quantitative estimate of drug-likeness (QED) is 0.720. The van der Waals surface area contributed by atoms with Crippen LogP contribution in [0.25, 0.3) is 22.1 Å². The molecule has 0 aliphatic heterocycles. The number of ether oxygens (including phenoxy) is 1. The zero-order chi connectivity index (χ0) is 17.8. The van der Waals surface area contributed by atoms with Crippen LogP contribution in [0.5, 0.6) is 5.75 Å². The molecule has 1 aromatic heterocycles. The molecule has 0 aliphatic rings. The van der Waals surface area contributed by atoms with Crippen LogP contribution in [0.1, 0.15) is 23.9 Å². The van der Waals surface area contributed by atoms with Crippen molar-refractivity contribution in [2.75, 3.05) is 13.7 Å². The van der Waals surface area contributed by atoms with Crippen molar-refractivity contribution < 1.29 is 19.1 Å². The van der Waals surface area contributed by atoms with Crippen molar-refractivity contribution in [1.29, 1.82) is 0 Å². The maximum atomic E-state index is 12.7. The van der Waals surface area contributed by atoms with Gasteiger partial charge in [-0.1, -0.05) is 30.3 Å². The monoisotopic (exact) mass is 339 g/mol. The van der Waals surface area contributed by atoms with E-state index in [1.54, 1.807) is 13.2 Å². The predicted octanol–water partition coefficient (Wildman–Crippen LogP) is 3.61. The molecule has 25 heavy (non-hydrogen) atoms. The number of furan rings is 1. The summed E-state index contributed by atoms with van der Waals surface area (Å²) in [4.78, 5) is 12.7. The largest absolute Gasteiger partial charge is 0.497 e. The summed E-state index contributed by atoms with van der Waals surface area (Å²) >= 11 is 0. The summed E-state index contributed by atoms with van der Waals surface area (Å²) in [5.41, 5.74) is 2.26. The van der Waals surface area contributed by atoms with E-state index in [0.29, 0.717) is 17.8 Å². The van der Waals surface area contributed by atoms with Crippen LogP contribution in [0.15, 0.2) is 52.9 Å². The highest BCUT2D eigenvalue weighted by atomic mass is 16.5. The van der Waals surface area contributed by atoms with E-state index in [2.05, 4.69) is 5.32 Å². The van der Waals surface area contributed by atoms with Crippen molar-refractivity contribution in [3.05, 3.63) is 54.3 Å². The number of nitrogens with one attached hydrogen (secondary N) is 1. The van der Waals surface area contributed by atoms with Gasteiger partial charge < -0.3 is 19.6 Å². The molecule has 5 nitrogen and oxygen atoms in total. The Morgan fingerprint density at radius 3 is 2.68 bits per heavy atom. The molecule has 130 valence electrons. The molecule has 5 heteroatoms. The second-order valence-corrected chi connectivity index (χ2v) is 5.92. The molecule has 0 fully saturated rings. The topological polar surface area (TPSA) is 71.7 Å². The van der Waals surface area contributed by atoms with Crippen LogP contribution < -0.4 is 10.1 Å². The number of carbonyl (C=O) groups is 1. The first-order chi connectivity index (χ1) is 12.1. The van der Waals surface area contributed by atoms with E-state index in [0.717, 1.165) is 16.5 Å². The minimum absolute atomic E-state index is 0.0182. The van der Waals surface area contributed by atoms with Gasteiger partial charge in [0.1, 0.15) is 11.3 Å². The van der Waals surface area contributed by atoms with E-state index in [1.807, 2.05) is 49.4 Å². The van der Waals surface area contributed by atoms with E-state index in [-0.39, 0.29) is 24.3 Å². The van der Waals surface area contributed by atoms with Crippen molar-refractivity contribution in [2.24, 2.45) is 0 Å². The lowest BCUT2D eigenvalue weighted by atomic mass is 10.0. The van der Waals surface area contributed by atoms with Crippen LogP contribution in [-0.4, -0.2) is 30.8 Å². The number of hydrogen-bond donors (Lipinski definition) is 2. The molecule has 0 spiro atoms. The molecular formula is C20H21NO4. The lowest BCUT2D eigenvalue weighted by Gasteiger charge is -2.12. The summed E-state index contributed by atoms with van der Waals surface area (Å²) < 4.78 is 11.1. The van der Waals surface area contributed by atoms with Crippen LogP contribution in [-0.2, 0) is 0 Å². The number of amides is 1. The van der Waals surface area contributed by atoms with Crippen LogP contribution in [0.3, 0.4) is 0 Å². The summed E-state index contributed by atoms with van der Waals surface area (Å²) in [6.07, 6.45) is 0.487. The molecular weight excluding hydrogens is 318 g/mol. The van der Waals surface area contributed by atoms with Crippen molar-refractivity contribution in [1.82, 2.24) is 5.32 Å². The Bertz CT molecular complexity index is 870. The fraction of sp³-hybridized carbons (Fsp3) is 0.250. The zero-order valence-electron chi connectivity index (χ0n) is 14.3. The van der Waals surface area contributed by atoms with E-state index in [9.17, 15) is 4.79 Å². The van der Waals surface area contributed by atoms with Gasteiger partial charge in [0.15, 0.2) is 0 Å². The third-order valence-corrected chi connectivity index (χ3v) is 4.11. The van der Waals surface area contributed by atoms with E-state index < -0.39 is 0 Å². The molecule has 0 radical (unpaired) electrons. The third-order valence-electron chi connectivity index (χ3n) is 4.11. The second kappa shape index (κ2) is 7.40. The Morgan fingerprint density at radius 2 is 2.00 bits per heavy atom. The predicted molar refractivity (Wildman–Crippen MR) is 96.8 cm³/mol. The number of methoxy groups -OCH3 is 1. The Morgan fingerprint density at radius 1 is 1.24 bits per heavy atom. The molecule has 0 unspecified atom stereocenters. The molecule has 3 aromatic rings. The van der Waals surface area contributed by atoms with E-state index in [1.165, 1.54) is 0 Å². The van der Waals surface area contributed by atoms with Gasteiger partial charge >= 0.3 is 0 Å². The van der Waals surface area contributed by atoms with Gasteiger partial charge in [0.05, 0.1) is 7.11 Å². The molecule has 0 saturated carbocycles. The molecule has 1 amide bonds. The summed E-state index contributed by atoms with van der Waals surface area (Å²) in [5, 5.41) is 12.8. The van der Waals surface area contributed by atoms with E-state index >= 15 is 0 Å². The van der Waals surface area contributed by atoms with Gasteiger partial charge in [-0.2, -0.15) is 0 Å². The molecule has 3 rings (SSSR count). The highest BCUT2D eigenvalue weighted by molar-refractivity contribution is 6.08. The molecule has 0 aliphatic carbocycles. The number of benzene rings is 2. The highest BCUT2D eigenvalue weighted by Crippen LogP contribution is 2.36. The first kappa shape index (κ1) is 17.0. The maximum absolute atomic E-state index is 12.7. The molecule has 2 aromatic carbocycles. The van der Waals surface area contributed by atoms with Gasteiger partial charge in [-0.05, 0) is 31.0 Å². The van der Waals surface area contributed by atoms with Gasteiger partial charge in [-0.3, -0.25) is 4.79 Å². The zero-order valence-corrected chi connectivity index (χ0v) is 14.3. The van der Waals surface area contributed by atoms with Gasteiger partial charge in [-0.25, -0.2) is 0 Å². The summed E-state index contributed by atoms with van der Waals surface area (Å²) in [6.45, 7) is 1.87. The smallest absolute Gasteiger partial charge is 0.287 e. The Kier molecular flexibility index (Phi) is 5.05. The maximum Gasteiger partial charge on any atom is 0.287 e. The Labute approximate surface area is 146 Å². The molecule has 1 atom stereocenters. The number of aliphatic hydroxyl groups is 1. The molecule has 0 saturated heterocycles. The lowest BCUT2D eigenvalue weighted by molar-refractivity contribution is 0.0909. The first-order valence-electron chi connectivity index (χ1n) is 8.21. The normalized spacial score (nSPS) is 12.1. The van der Waals surface area contributed by atoms with Gasteiger partial charge in [0, 0.05) is 29.7 Å². The van der Waals surface area contributed by atoms with E-state index in [4.69, 9.17) is 14.3 Å². The molecule has 2 N–H and O–H groups in total. The van der Waals surface area contributed by atoms with Gasteiger partial charge in [0.25, 0.3) is 5.91 Å². The minimum Gasteiger partial charge on any atom is -0.497 e. The second-order valence-electron chi connectivity index (χ2n) is 5.92. The third kappa shape index (κ3) is 3.51. The lowest BCUT2D eigenvalue weighted by Crippen LogP contribution is -2.33. The number of fused-ring (bicyclic) bond motifs is 1. The standard InChI is InChI=1S/C20H21NO4/c1-13(10-11-22)21-20(23)19-18(14-6-4-3-5-7-14)16-9-8-15(24-2)12-17(16)25-19/h3-9,12-13,22H,10-11H2,1-2H3,(H,21,23)/t13-/m1/s1. The van der Waals surface area contributed by atoms with Crippen LogP contribution >= 0.6 is 0 Å². The number of carbonyl (C=O) groups excluding carboxylic acids is 1. The summed E-state index contributed by atoms with van der Waals surface area (Å²) in [5.74, 6) is 0.635. The van der Waals surface area contributed by atoms with Crippen molar-refractivity contribution in [3.8, 4) is 16.9 Å². The van der Waals surface area contributed by atoms with Gasteiger partial charge in [-0.15, -0.1) is 0 Å². The molecule has 1 heterocycles. The average Bonchev–Trinajstić information content (AvgIpc) is 3.01. The van der Waals surface area contributed by atoms with Crippen molar-refractivity contribution in [2.45, 2.75) is 19.4 Å². The van der Waals surface area contributed by atoms with Crippen molar-refractivity contribution in [3.63, 3.8) is 0 Å². The number of hydrogen-bond acceptors (Lipinski definition) is 4. The SMILES string of the molecule is COc1ccc2c(-c3ccccc3)c(C(=O)N[C@H](C)CCO)oc2c1. The fourth-order valence-corrected chi connectivity index (χ4v) is 2.81. The molecule has 0 bridgehead atoms. The number of aliphatic hydroxyl groups excluding tert-OH is 1. The first-order valence-corrected chi connectivity index (χ1v) is 8.21. The van der Waals surface area contributed by atoms with Crippen LogP contribution in [0, 0.1) is 0 Å². The van der Waals surface area contributed by atoms with Gasteiger partial charge in [0.2, 0.25) is 5.76 Å². The Hall–Kier alpha value is -2.79. The summed E-state index contributed by atoms with van der Waals surface area (Å²) in [7, 11) is 1.59. The summed E-state index contributed by atoms with van der Waals surface area (Å²) in [6, 6.07) is 15.0. The minimum atomic E-state index is -0.296.